The van der Waals surface area contributed by atoms with Crippen LogP contribution >= 0.6 is 15.9 Å². The first-order chi connectivity index (χ1) is 9.46. The number of benzene rings is 1. The van der Waals surface area contributed by atoms with Gasteiger partial charge in [-0.2, -0.15) is 8.42 Å². The van der Waals surface area contributed by atoms with Crippen molar-refractivity contribution in [1.82, 2.24) is 9.55 Å². The van der Waals surface area contributed by atoms with Crippen molar-refractivity contribution in [2.75, 3.05) is 4.72 Å². The Morgan fingerprint density at radius 2 is 1.95 bits per heavy atom. The summed E-state index contributed by atoms with van der Waals surface area (Å²) in [6, 6.07) is 7.20. The van der Waals surface area contributed by atoms with Gasteiger partial charge in [0.25, 0.3) is 10.0 Å². The molecule has 0 radical (unpaired) electrons. The van der Waals surface area contributed by atoms with Crippen molar-refractivity contribution in [3.63, 3.8) is 0 Å². The van der Waals surface area contributed by atoms with E-state index >= 15 is 0 Å². The number of imidazole rings is 1. The molecule has 0 aliphatic rings. The van der Waals surface area contributed by atoms with Crippen LogP contribution < -0.4 is 4.72 Å². The van der Waals surface area contributed by atoms with Gasteiger partial charge in [0.05, 0.1) is 0 Å². The maximum atomic E-state index is 12.2. The molecule has 0 saturated carbocycles. The van der Waals surface area contributed by atoms with Crippen LogP contribution in [0.5, 0.6) is 0 Å². The lowest BCUT2D eigenvalue weighted by atomic mass is 10.2. The van der Waals surface area contributed by atoms with Gasteiger partial charge in [-0.1, -0.05) is 28.1 Å². The van der Waals surface area contributed by atoms with E-state index in [0.29, 0.717) is 18.1 Å². The predicted molar refractivity (Wildman–Crippen MR) is 82.5 cm³/mol. The van der Waals surface area contributed by atoms with Crippen LogP contribution in [0.15, 0.2) is 35.5 Å². The molecule has 0 amide bonds. The molecular weight excluding hydrogens is 342 g/mol. The van der Waals surface area contributed by atoms with Crippen molar-refractivity contribution < 1.29 is 8.42 Å². The quantitative estimate of drug-likeness (QED) is 0.836. The Balaban J connectivity index is 2.25. The molecule has 1 aromatic carbocycles. The third-order valence-electron chi connectivity index (χ3n) is 2.93. The number of halogens is 1. The number of alkyl halides is 1. The normalized spacial score (nSPS) is 11.6. The highest BCUT2D eigenvalue weighted by atomic mass is 79.9. The van der Waals surface area contributed by atoms with E-state index in [4.69, 9.17) is 0 Å². The van der Waals surface area contributed by atoms with E-state index in [1.54, 1.807) is 29.8 Å². The summed E-state index contributed by atoms with van der Waals surface area (Å²) < 4.78 is 28.8. The predicted octanol–water partition coefficient (Wildman–Crippen LogP) is 2.91. The molecular formula is C13H16BrN3O2S. The molecule has 0 atom stereocenters. The number of anilines is 1. The lowest BCUT2D eigenvalue weighted by Gasteiger charge is -2.06. The van der Waals surface area contributed by atoms with Gasteiger partial charge in [-0.05, 0) is 31.5 Å². The summed E-state index contributed by atoms with van der Waals surface area (Å²) >= 11 is 3.35. The highest BCUT2D eigenvalue weighted by Gasteiger charge is 2.18. The Bertz CT molecular complexity index is 693. The van der Waals surface area contributed by atoms with Crippen LogP contribution in [0.1, 0.15) is 18.3 Å². The van der Waals surface area contributed by atoms with Crippen molar-refractivity contribution in [3.8, 4) is 0 Å². The number of hydrogen-bond donors (Lipinski definition) is 1. The van der Waals surface area contributed by atoms with Crippen LogP contribution in [0.2, 0.25) is 0 Å². The summed E-state index contributed by atoms with van der Waals surface area (Å²) in [6.45, 7) is 4.42. The van der Waals surface area contributed by atoms with Gasteiger partial charge in [-0.15, -0.1) is 0 Å². The summed E-state index contributed by atoms with van der Waals surface area (Å²) in [6.07, 6.45) is 1.55. The Morgan fingerprint density at radius 3 is 2.45 bits per heavy atom. The minimum Gasteiger partial charge on any atom is -0.334 e. The van der Waals surface area contributed by atoms with Crippen LogP contribution in [-0.4, -0.2) is 18.0 Å². The maximum absolute atomic E-state index is 12.2. The molecule has 1 N–H and O–H groups in total. The molecule has 0 saturated heterocycles. The van der Waals surface area contributed by atoms with Crippen molar-refractivity contribution in [3.05, 3.63) is 41.9 Å². The molecule has 0 spiro atoms. The van der Waals surface area contributed by atoms with Crippen molar-refractivity contribution in [2.24, 2.45) is 0 Å². The fourth-order valence-electron chi connectivity index (χ4n) is 1.80. The summed E-state index contributed by atoms with van der Waals surface area (Å²) in [5.41, 5.74) is 1.61. The van der Waals surface area contributed by atoms with Gasteiger partial charge >= 0.3 is 0 Å². The lowest BCUT2D eigenvalue weighted by Crippen LogP contribution is -2.13. The zero-order valence-corrected chi connectivity index (χ0v) is 13.7. The standard InChI is InChI=1S/C13H16BrN3O2S/c1-3-17-9-13(15-10(17)2)20(18,19)16-12-6-4-11(8-14)5-7-12/h4-7,9,16H,3,8H2,1-2H3. The zero-order chi connectivity index (χ0) is 14.8. The second kappa shape index (κ2) is 5.97. The molecule has 5 nitrogen and oxygen atoms in total. The summed E-state index contributed by atoms with van der Waals surface area (Å²) in [5.74, 6) is 0.683. The van der Waals surface area contributed by atoms with E-state index in [1.165, 1.54) is 0 Å². The van der Waals surface area contributed by atoms with Crippen LogP contribution in [0.4, 0.5) is 5.69 Å². The van der Waals surface area contributed by atoms with Gasteiger partial charge in [0, 0.05) is 23.8 Å². The fourth-order valence-corrected chi connectivity index (χ4v) is 3.24. The number of aryl methyl sites for hydroxylation is 2. The molecule has 0 aliphatic heterocycles. The molecule has 7 heteroatoms. The largest absolute Gasteiger partial charge is 0.334 e. The summed E-state index contributed by atoms with van der Waals surface area (Å²) in [5, 5.41) is 0.779. The molecule has 0 unspecified atom stereocenters. The molecule has 108 valence electrons. The summed E-state index contributed by atoms with van der Waals surface area (Å²) in [7, 11) is -3.64. The third kappa shape index (κ3) is 3.21. The first kappa shape index (κ1) is 15.1. The number of hydrogen-bond acceptors (Lipinski definition) is 3. The van der Waals surface area contributed by atoms with E-state index in [2.05, 4.69) is 25.6 Å². The molecule has 2 rings (SSSR count). The van der Waals surface area contributed by atoms with Crippen LogP contribution in [-0.2, 0) is 21.9 Å². The highest BCUT2D eigenvalue weighted by Crippen LogP contribution is 2.17. The smallest absolute Gasteiger partial charge is 0.280 e. The molecule has 2 aromatic rings. The van der Waals surface area contributed by atoms with Crippen LogP contribution in [0.3, 0.4) is 0 Å². The molecule has 0 bridgehead atoms. The molecule has 0 aliphatic carbocycles. The number of sulfonamides is 1. The van der Waals surface area contributed by atoms with Crippen molar-refractivity contribution in [1.29, 1.82) is 0 Å². The highest BCUT2D eigenvalue weighted by molar-refractivity contribution is 9.08. The minimum absolute atomic E-state index is 0.0430. The van der Waals surface area contributed by atoms with Gasteiger partial charge in [0.15, 0.2) is 5.03 Å². The van der Waals surface area contributed by atoms with E-state index in [9.17, 15) is 8.42 Å². The molecule has 1 aromatic heterocycles. The van der Waals surface area contributed by atoms with Crippen LogP contribution in [0, 0.1) is 6.92 Å². The molecule has 0 fully saturated rings. The van der Waals surface area contributed by atoms with Crippen molar-refractivity contribution in [2.45, 2.75) is 30.7 Å². The number of nitrogens with one attached hydrogen (secondary N) is 1. The monoisotopic (exact) mass is 357 g/mol. The Kier molecular flexibility index (Phi) is 4.49. The van der Waals surface area contributed by atoms with Gasteiger partial charge in [-0.3, -0.25) is 4.72 Å². The maximum Gasteiger partial charge on any atom is 0.280 e. The Labute approximate surface area is 127 Å². The van der Waals surface area contributed by atoms with E-state index in [1.807, 2.05) is 19.1 Å². The number of rotatable bonds is 5. The number of aromatic nitrogens is 2. The average Bonchev–Trinajstić information content (AvgIpc) is 2.81. The first-order valence-corrected chi connectivity index (χ1v) is 8.78. The van der Waals surface area contributed by atoms with E-state index in [-0.39, 0.29) is 5.03 Å². The van der Waals surface area contributed by atoms with Crippen molar-refractivity contribution >= 4 is 31.6 Å². The van der Waals surface area contributed by atoms with Crippen LogP contribution in [0.25, 0.3) is 0 Å². The molecule has 20 heavy (non-hydrogen) atoms. The summed E-state index contributed by atoms with van der Waals surface area (Å²) in [4.78, 5) is 4.09. The number of nitrogens with zero attached hydrogens (tertiary/aromatic N) is 2. The average molecular weight is 358 g/mol. The Hall–Kier alpha value is -1.34. The molecule has 1 heterocycles. The lowest BCUT2D eigenvalue weighted by molar-refractivity contribution is 0.598. The van der Waals surface area contributed by atoms with Gasteiger partial charge in [0.2, 0.25) is 0 Å². The van der Waals surface area contributed by atoms with Gasteiger partial charge in [0.1, 0.15) is 5.82 Å². The fraction of sp³-hybridized carbons (Fsp3) is 0.308. The SMILES string of the molecule is CCn1cc(S(=O)(=O)Nc2ccc(CBr)cc2)nc1C. The Morgan fingerprint density at radius 1 is 1.30 bits per heavy atom. The second-order valence-electron chi connectivity index (χ2n) is 4.35. The second-order valence-corrected chi connectivity index (χ2v) is 6.54. The first-order valence-electron chi connectivity index (χ1n) is 6.17. The zero-order valence-electron chi connectivity index (χ0n) is 11.3. The van der Waals surface area contributed by atoms with Gasteiger partial charge in [-0.25, -0.2) is 4.98 Å². The third-order valence-corrected chi connectivity index (χ3v) is 4.83. The topological polar surface area (TPSA) is 64.0 Å². The van der Waals surface area contributed by atoms with E-state index < -0.39 is 10.0 Å². The van der Waals surface area contributed by atoms with Gasteiger partial charge < -0.3 is 4.57 Å². The van der Waals surface area contributed by atoms with E-state index in [0.717, 1.165) is 10.9 Å². The minimum atomic E-state index is -3.64.